The predicted molar refractivity (Wildman–Crippen MR) is 83.3 cm³/mol. The fourth-order valence-electron chi connectivity index (χ4n) is 1.12. The van der Waals surface area contributed by atoms with Crippen LogP contribution in [0.1, 0.15) is 15.9 Å². The van der Waals surface area contributed by atoms with Gasteiger partial charge in [-0.05, 0) is 12.1 Å². The zero-order valence-corrected chi connectivity index (χ0v) is 13.2. The highest BCUT2D eigenvalue weighted by atomic mass is 35.5. The summed E-state index contributed by atoms with van der Waals surface area (Å²) in [6.45, 7) is 0. The first kappa shape index (κ1) is 17.7. The molecule has 0 aliphatic heterocycles. The first-order chi connectivity index (χ1) is 10.0. The molecule has 0 aromatic carbocycles. The van der Waals surface area contributed by atoms with Gasteiger partial charge >= 0.3 is 0 Å². The van der Waals surface area contributed by atoms with Gasteiger partial charge in [0.25, 0.3) is 0 Å². The van der Waals surface area contributed by atoms with Gasteiger partial charge < -0.3 is 5.21 Å². The molecule has 2 aromatic heterocycles. The minimum absolute atomic E-state index is 0.159. The van der Waals surface area contributed by atoms with E-state index in [9.17, 15) is 4.79 Å². The number of pyridine rings is 2. The molecule has 0 bridgehead atoms. The highest BCUT2D eigenvalue weighted by Gasteiger charge is 2.03. The summed E-state index contributed by atoms with van der Waals surface area (Å²) in [6, 6.07) is 3.09. The minimum Gasteiger partial charge on any atom is -0.411 e. The van der Waals surface area contributed by atoms with E-state index >= 15 is 0 Å². The molecular formula is C12H7Cl4N3O2. The molecule has 21 heavy (non-hydrogen) atoms. The van der Waals surface area contributed by atoms with Crippen LogP contribution in [0.3, 0.4) is 0 Å². The van der Waals surface area contributed by atoms with E-state index in [0.29, 0.717) is 17.4 Å². The summed E-state index contributed by atoms with van der Waals surface area (Å²) in [5.74, 6) is 0. The quantitative estimate of drug-likeness (QED) is 0.281. The molecule has 0 atom stereocenters. The number of hydrogen-bond acceptors (Lipinski definition) is 5. The van der Waals surface area contributed by atoms with Crippen LogP contribution in [-0.2, 0) is 0 Å². The Hall–Kier alpha value is -1.40. The largest absolute Gasteiger partial charge is 0.411 e. The smallest absolute Gasteiger partial charge is 0.151 e. The molecule has 2 aromatic rings. The molecule has 9 heteroatoms. The topological polar surface area (TPSA) is 75.4 Å². The van der Waals surface area contributed by atoms with E-state index in [1.807, 2.05) is 0 Å². The van der Waals surface area contributed by atoms with Crippen LogP contribution in [0.25, 0.3) is 0 Å². The second kappa shape index (κ2) is 8.79. The first-order valence-corrected chi connectivity index (χ1v) is 6.75. The Bertz CT molecular complexity index is 665. The lowest BCUT2D eigenvalue weighted by Crippen LogP contribution is -1.85. The highest BCUT2D eigenvalue weighted by Crippen LogP contribution is 2.22. The van der Waals surface area contributed by atoms with Crippen molar-refractivity contribution >= 4 is 58.9 Å². The maximum absolute atomic E-state index is 10.2. The van der Waals surface area contributed by atoms with E-state index < -0.39 is 0 Å². The van der Waals surface area contributed by atoms with Crippen LogP contribution >= 0.6 is 46.4 Å². The standard InChI is InChI=1S/C6H4Cl2N2O.C6H3Cl2NO/c7-5-4(3-10-11)1-2-9-6(5)8;7-5-4(3-10)1-2-9-6(5)8/h1-3,11H;1-3H/b10-3+;. The monoisotopic (exact) mass is 365 g/mol. The van der Waals surface area contributed by atoms with Crippen molar-refractivity contribution < 1.29 is 10.0 Å². The number of halogens is 4. The maximum atomic E-state index is 10.2. The van der Waals surface area contributed by atoms with Crippen molar-refractivity contribution in [3.05, 3.63) is 56.0 Å². The Balaban J connectivity index is 0.000000211. The average molecular weight is 367 g/mol. The summed E-state index contributed by atoms with van der Waals surface area (Å²) in [4.78, 5) is 17.6. The summed E-state index contributed by atoms with van der Waals surface area (Å²) in [7, 11) is 0. The van der Waals surface area contributed by atoms with Gasteiger partial charge in [0, 0.05) is 23.5 Å². The van der Waals surface area contributed by atoms with Crippen LogP contribution in [0, 0.1) is 0 Å². The van der Waals surface area contributed by atoms with Gasteiger partial charge in [0.1, 0.15) is 10.3 Å². The lowest BCUT2D eigenvalue weighted by Gasteiger charge is -1.96. The zero-order valence-electron chi connectivity index (χ0n) is 10.2. The Morgan fingerprint density at radius 2 is 1.43 bits per heavy atom. The van der Waals surface area contributed by atoms with Gasteiger partial charge in [-0.2, -0.15) is 0 Å². The van der Waals surface area contributed by atoms with Crippen LogP contribution in [0.2, 0.25) is 20.4 Å². The van der Waals surface area contributed by atoms with E-state index in [-0.39, 0.29) is 20.4 Å². The van der Waals surface area contributed by atoms with E-state index in [1.165, 1.54) is 24.7 Å². The third-order valence-corrected chi connectivity index (χ3v) is 3.64. The van der Waals surface area contributed by atoms with Crippen LogP contribution in [-0.4, -0.2) is 27.7 Å². The summed E-state index contributed by atoms with van der Waals surface area (Å²) in [5, 5.41) is 11.8. The third kappa shape index (κ3) is 5.13. The van der Waals surface area contributed by atoms with E-state index in [1.54, 1.807) is 6.07 Å². The van der Waals surface area contributed by atoms with Crippen molar-refractivity contribution in [1.29, 1.82) is 0 Å². The normalized spacial score (nSPS) is 10.1. The molecule has 0 aliphatic rings. The first-order valence-electron chi connectivity index (χ1n) is 5.23. The van der Waals surface area contributed by atoms with Crippen LogP contribution in [0.15, 0.2) is 29.7 Å². The van der Waals surface area contributed by atoms with E-state index in [4.69, 9.17) is 51.6 Å². The Labute approximate surface area is 140 Å². The van der Waals surface area contributed by atoms with Gasteiger partial charge in [-0.15, -0.1) is 0 Å². The van der Waals surface area contributed by atoms with Crippen molar-refractivity contribution in [2.75, 3.05) is 0 Å². The van der Waals surface area contributed by atoms with Gasteiger partial charge in [-0.3, -0.25) is 4.79 Å². The van der Waals surface area contributed by atoms with Gasteiger partial charge in [0.05, 0.1) is 16.3 Å². The average Bonchev–Trinajstić information content (AvgIpc) is 2.48. The molecule has 2 rings (SSSR count). The summed E-state index contributed by atoms with van der Waals surface area (Å²) >= 11 is 22.3. The lowest BCUT2D eigenvalue weighted by molar-refractivity contribution is 0.112. The summed E-state index contributed by atoms with van der Waals surface area (Å²) < 4.78 is 0. The Kier molecular flexibility index (Phi) is 7.39. The molecule has 0 spiro atoms. The molecule has 0 saturated heterocycles. The third-order valence-electron chi connectivity index (χ3n) is 2.08. The van der Waals surface area contributed by atoms with Crippen LogP contribution in [0.4, 0.5) is 0 Å². The number of aldehydes is 1. The molecule has 0 aliphatic carbocycles. The Morgan fingerprint density at radius 1 is 0.952 bits per heavy atom. The molecule has 0 saturated carbocycles. The van der Waals surface area contributed by atoms with Crippen molar-refractivity contribution in [2.24, 2.45) is 5.16 Å². The number of hydrogen-bond donors (Lipinski definition) is 1. The fourth-order valence-corrected chi connectivity index (χ4v) is 1.76. The molecule has 0 amide bonds. The number of nitrogens with zero attached hydrogens (tertiary/aromatic N) is 3. The number of carbonyl (C=O) groups is 1. The van der Waals surface area contributed by atoms with E-state index in [2.05, 4.69) is 15.1 Å². The summed E-state index contributed by atoms with van der Waals surface area (Å²) in [6.07, 6.45) is 4.73. The molecule has 110 valence electrons. The predicted octanol–water partition coefficient (Wildman–Crippen LogP) is 4.40. The van der Waals surface area contributed by atoms with Gasteiger partial charge in [0.15, 0.2) is 6.29 Å². The van der Waals surface area contributed by atoms with Crippen LogP contribution < -0.4 is 0 Å². The SMILES string of the molecule is O/N=C/c1ccnc(Cl)c1Cl.O=Cc1ccnc(Cl)c1Cl. The molecular weight excluding hydrogens is 360 g/mol. The van der Waals surface area contributed by atoms with Gasteiger partial charge in [-0.1, -0.05) is 51.6 Å². The van der Waals surface area contributed by atoms with Crippen molar-refractivity contribution in [2.45, 2.75) is 0 Å². The number of carbonyl (C=O) groups excluding carboxylic acids is 1. The fraction of sp³-hybridized carbons (Fsp3) is 0. The molecule has 5 nitrogen and oxygen atoms in total. The number of rotatable bonds is 2. The molecule has 1 N–H and O–H groups in total. The van der Waals surface area contributed by atoms with Crippen molar-refractivity contribution in [3.63, 3.8) is 0 Å². The molecule has 0 radical (unpaired) electrons. The Morgan fingerprint density at radius 3 is 1.86 bits per heavy atom. The molecule has 0 fully saturated rings. The minimum atomic E-state index is 0.159. The van der Waals surface area contributed by atoms with Gasteiger partial charge in [0.2, 0.25) is 0 Å². The van der Waals surface area contributed by atoms with E-state index in [0.717, 1.165) is 0 Å². The second-order valence-corrected chi connectivity index (χ2v) is 4.84. The van der Waals surface area contributed by atoms with Gasteiger partial charge in [-0.25, -0.2) is 9.97 Å². The number of aromatic nitrogens is 2. The van der Waals surface area contributed by atoms with Crippen molar-refractivity contribution in [1.82, 2.24) is 9.97 Å². The highest BCUT2D eigenvalue weighted by molar-refractivity contribution is 6.43. The van der Waals surface area contributed by atoms with Crippen LogP contribution in [0.5, 0.6) is 0 Å². The zero-order chi connectivity index (χ0) is 15.8. The molecule has 2 heterocycles. The maximum Gasteiger partial charge on any atom is 0.151 e. The van der Waals surface area contributed by atoms with Crippen molar-refractivity contribution in [3.8, 4) is 0 Å². The second-order valence-electron chi connectivity index (χ2n) is 3.37. The number of oxime groups is 1. The summed E-state index contributed by atoms with van der Waals surface area (Å²) in [5.41, 5.74) is 0.899. The lowest BCUT2D eigenvalue weighted by atomic mass is 10.3. The molecule has 0 unspecified atom stereocenters.